The van der Waals surface area contributed by atoms with Crippen molar-refractivity contribution in [1.29, 1.82) is 0 Å². The molecule has 0 heterocycles. The van der Waals surface area contributed by atoms with Gasteiger partial charge in [0, 0.05) is 16.2 Å². The fourth-order valence-corrected chi connectivity index (χ4v) is 2.22. The van der Waals surface area contributed by atoms with Gasteiger partial charge >= 0.3 is 0 Å². The van der Waals surface area contributed by atoms with Gasteiger partial charge in [-0.25, -0.2) is 0 Å². The molecule has 1 aliphatic rings. The molecule has 76 valence electrons. The van der Waals surface area contributed by atoms with Crippen molar-refractivity contribution >= 4 is 21.6 Å². The summed E-state index contributed by atoms with van der Waals surface area (Å²) >= 11 is 3.48. The van der Waals surface area contributed by atoms with Gasteiger partial charge in [-0.05, 0) is 56.4 Å². The van der Waals surface area contributed by atoms with Crippen LogP contribution >= 0.6 is 15.9 Å². The van der Waals surface area contributed by atoms with E-state index in [1.54, 1.807) is 0 Å². The molecule has 0 aliphatic heterocycles. The van der Waals surface area contributed by atoms with Gasteiger partial charge in [0.25, 0.3) is 0 Å². The Balaban J connectivity index is 2.07. The summed E-state index contributed by atoms with van der Waals surface area (Å²) in [5.41, 5.74) is 2.58. The molecule has 14 heavy (non-hydrogen) atoms. The maximum absolute atomic E-state index is 3.58. The highest BCUT2D eigenvalue weighted by atomic mass is 79.9. The van der Waals surface area contributed by atoms with Crippen molar-refractivity contribution in [2.75, 3.05) is 5.32 Å². The largest absolute Gasteiger partial charge is 0.382 e. The van der Waals surface area contributed by atoms with E-state index in [1.807, 2.05) is 0 Å². The Morgan fingerprint density at radius 3 is 2.71 bits per heavy atom. The molecule has 1 saturated carbocycles. The summed E-state index contributed by atoms with van der Waals surface area (Å²) < 4.78 is 1.15. The molecule has 0 bridgehead atoms. The van der Waals surface area contributed by atoms with Gasteiger partial charge in [0.1, 0.15) is 0 Å². The molecule has 1 fully saturated rings. The van der Waals surface area contributed by atoms with Crippen LogP contribution in [0.2, 0.25) is 0 Å². The first kappa shape index (κ1) is 10.0. The Kier molecular flexibility index (Phi) is 2.82. The lowest BCUT2D eigenvalue weighted by molar-refractivity contribution is 0.693. The predicted octanol–water partition coefficient (Wildman–Crippen LogP) is 3.97. The van der Waals surface area contributed by atoms with Crippen LogP contribution in [-0.2, 0) is 0 Å². The minimum absolute atomic E-state index is 0.620. The minimum atomic E-state index is 0.620. The number of halogens is 1. The number of aryl methyl sites for hydroxylation is 1. The Hall–Kier alpha value is -0.500. The van der Waals surface area contributed by atoms with Crippen molar-refractivity contribution < 1.29 is 0 Å². The lowest BCUT2D eigenvalue weighted by atomic mass is 10.1. The second-order valence-electron chi connectivity index (χ2n) is 4.23. The average molecular weight is 254 g/mol. The molecule has 1 nitrogen and oxygen atoms in total. The number of benzene rings is 1. The van der Waals surface area contributed by atoms with E-state index in [-0.39, 0.29) is 0 Å². The summed E-state index contributed by atoms with van der Waals surface area (Å²) in [6, 6.07) is 7.02. The topological polar surface area (TPSA) is 12.0 Å². The average Bonchev–Trinajstić information content (AvgIpc) is 2.92. The number of nitrogens with one attached hydrogen (secondary N) is 1. The van der Waals surface area contributed by atoms with E-state index in [4.69, 9.17) is 0 Å². The molecule has 1 atom stereocenters. The molecule has 2 rings (SSSR count). The Morgan fingerprint density at radius 2 is 2.14 bits per heavy atom. The van der Waals surface area contributed by atoms with E-state index in [9.17, 15) is 0 Å². The van der Waals surface area contributed by atoms with Gasteiger partial charge in [0.15, 0.2) is 0 Å². The molecular formula is C12H16BrN. The van der Waals surface area contributed by atoms with E-state index in [0.717, 1.165) is 10.4 Å². The summed E-state index contributed by atoms with van der Waals surface area (Å²) in [7, 11) is 0. The standard InChI is InChI=1S/C12H16BrN/c1-8-7-11(13)5-6-12(8)14-9(2)10-3-4-10/h5-7,9-10,14H,3-4H2,1-2H3. The maximum atomic E-state index is 3.58. The van der Waals surface area contributed by atoms with Crippen LogP contribution in [-0.4, -0.2) is 6.04 Å². The molecule has 1 unspecified atom stereocenters. The Labute approximate surface area is 94.0 Å². The summed E-state index contributed by atoms with van der Waals surface area (Å²) in [6.45, 7) is 4.42. The molecule has 1 aromatic carbocycles. The maximum Gasteiger partial charge on any atom is 0.0372 e. The van der Waals surface area contributed by atoms with Crippen molar-refractivity contribution in [2.45, 2.75) is 32.7 Å². The third-order valence-corrected chi connectivity index (χ3v) is 3.39. The number of hydrogen-bond acceptors (Lipinski definition) is 1. The van der Waals surface area contributed by atoms with Crippen molar-refractivity contribution in [3.63, 3.8) is 0 Å². The predicted molar refractivity (Wildman–Crippen MR) is 64.7 cm³/mol. The van der Waals surface area contributed by atoms with Gasteiger partial charge in [-0.3, -0.25) is 0 Å². The van der Waals surface area contributed by atoms with Crippen molar-refractivity contribution in [2.24, 2.45) is 5.92 Å². The van der Waals surface area contributed by atoms with Crippen molar-refractivity contribution in [3.8, 4) is 0 Å². The third-order valence-electron chi connectivity index (χ3n) is 2.90. The summed E-state index contributed by atoms with van der Waals surface area (Å²) in [5, 5.41) is 3.58. The highest BCUT2D eigenvalue weighted by Crippen LogP contribution is 2.34. The van der Waals surface area contributed by atoms with Crippen LogP contribution in [0.15, 0.2) is 22.7 Å². The SMILES string of the molecule is Cc1cc(Br)ccc1NC(C)C1CC1. The fourth-order valence-electron chi connectivity index (χ4n) is 1.75. The van der Waals surface area contributed by atoms with Gasteiger partial charge < -0.3 is 5.32 Å². The first-order valence-electron chi connectivity index (χ1n) is 5.19. The summed E-state index contributed by atoms with van der Waals surface area (Å²) in [6.07, 6.45) is 2.79. The lowest BCUT2D eigenvalue weighted by Crippen LogP contribution is -2.17. The molecule has 0 radical (unpaired) electrons. The molecule has 0 saturated heterocycles. The normalized spacial score (nSPS) is 17.9. The molecule has 0 amide bonds. The third kappa shape index (κ3) is 2.30. The van der Waals surface area contributed by atoms with Gasteiger partial charge in [-0.2, -0.15) is 0 Å². The smallest absolute Gasteiger partial charge is 0.0372 e. The summed E-state index contributed by atoms with van der Waals surface area (Å²) in [5.74, 6) is 0.901. The van der Waals surface area contributed by atoms with Crippen molar-refractivity contribution in [1.82, 2.24) is 0 Å². The molecule has 1 aliphatic carbocycles. The molecule has 0 aromatic heterocycles. The van der Waals surface area contributed by atoms with Crippen LogP contribution in [0.1, 0.15) is 25.3 Å². The fraction of sp³-hybridized carbons (Fsp3) is 0.500. The zero-order valence-corrected chi connectivity index (χ0v) is 10.3. The van der Waals surface area contributed by atoms with Gasteiger partial charge in [0.05, 0.1) is 0 Å². The van der Waals surface area contributed by atoms with E-state index in [0.29, 0.717) is 6.04 Å². The second-order valence-corrected chi connectivity index (χ2v) is 5.15. The molecule has 1 N–H and O–H groups in total. The lowest BCUT2D eigenvalue weighted by Gasteiger charge is -2.16. The van der Waals surface area contributed by atoms with Crippen LogP contribution in [0, 0.1) is 12.8 Å². The first-order chi connectivity index (χ1) is 6.66. The zero-order chi connectivity index (χ0) is 10.1. The molecule has 2 heteroatoms. The quantitative estimate of drug-likeness (QED) is 0.860. The Morgan fingerprint density at radius 1 is 1.43 bits per heavy atom. The Bertz CT molecular complexity index is 331. The highest BCUT2D eigenvalue weighted by Gasteiger charge is 2.27. The number of rotatable bonds is 3. The first-order valence-corrected chi connectivity index (χ1v) is 5.99. The van der Waals surface area contributed by atoms with Crippen molar-refractivity contribution in [3.05, 3.63) is 28.2 Å². The van der Waals surface area contributed by atoms with Crippen LogP contribution in [0.25, 0.3) is 0 Å². The summed E-state index contributed by atoms with van der Waals surface area (Å²) in [4.78, 5) is 0. The van der Waals surface area contributed by atoms with Gasteiger partial charge in [-0.15, -0.1) is 0 Å². The van der Waals surface area contributed by atoms with Crippen LogP contribution in [0.3, 0.4) is 0 Å². The van der Waals surface area contributed by atoms with Crippen LogP contribution < -0.4 is 5.32 Å². The van der Waals surface area contributed by atoms with Gasteiger partial charge in [0.2, 0.25) is 0 Å². The van der Waals surface area contributed by atoms with E-state index >= 15 is 0 Å². The molecule has 1 aromatic rings. The molecule has 0 spiro atoms. The van der Waals surface area contributed by atoms with Crippen LogP contribution in [0.4, 0.5) is 5.69 Å². The van der Waals surface area contributed by atoms with E-state index in [2.05, 4.69) is 53.3 Å². The molecular weight excluding hydrogens is 238 g/mol. The highest BCUT2D eigenvalue weighted by molar-refractivity contribution is 9.10. The number of hydrogen-bond donors (Lipinski definition) is 1. The zero-order valence-electron chi connectivity index (χ0n) is 8.68. The number of anilines is 1. The van der Waals surface area contributed by atoms with Gasteiger partial charge in [-0.1, -0.05) is 15.9 Å². The second kappa shape index (κ2) is 3.93. The minimum Gasteiger partial charge on any atom is -0.382 e. The van der Waals surface area contributed by atoms with Crippen LogP contribution in [0.5, 0.6) is 0 Å². The van der Waals surface area contributed by atoms with E-state index in [1.165, 1.54) is 24.1 Å². The monoisotopic (exact) mass is 253 g/mol. The van der Waals surface area contributed by atoms with E-state index < -0.39 is 0 Å².